The second-order valence-corrected chi connectivity index (χ2v) is 5.46. The van der Waals surface area contributed by atoms with Crippen LogP contribution in [0.4, 0.5) is 10.5 Å². The molecule has 1 aliphatic heterocycles. The average Bonchev–Trinajstić information content (AvgIpc) is 2.53. The maximum atomic E-state index is 12.0. The number of amides is 2. The van der Waals surface area contributed by atoms with Gasteiger partial charge in [-0.2, -0.15) is 5.26 Å². The van der Waals surface area contributed by atoms with Gasteiger partial charge >= 0.3 is 6.03 Å². The van der Waals surface area contributed by atoms with Crippen molar-refractivity contribution in [3.05, 3.63) is 28.3 Å². The minimum atomic E-state index is -0.997. The smallest absolute Gasteiger partial charge is 0.324 e. The average molecular weight is 280 g/mol. The highest BCUT2D eigenvalue weighted by Crippen LogP contribution is 2.34. The van der Waals surface area contributed by atoms with E-state index >= 15 is 0 Å². The number of halogens is 1. The number of hydrogen-bond acceptors (Lipinski definition) is 3. The first-order valence-corrected chi connectivity index (χ1v) is 6.16. The molecule has 5 nitrogen and oxygen atoms in total. The maximum Gasteiger partial charge on any atom is 0.324 e. The van der Waals surface area contributed by atoms with Crippen molar-refractivity contribution in [2.24, 2.45) is 0 Å². The molecule has 100 valence electrons. The summed E-state index contributed by atoms with van der Waals surface area (Å²) in [6.45, 7) is 5.18. The minimum Gasteiger partial charge on any atom is -0.371 e. The predicted octanol–water partition coefficient (Wildman–Crippen LogP) is 2.15. The molecular formula is C13H14ClN3O2. The molecule has 0 bridgehead atoms. The number of carbonyl (C=O) groups is 1. The molecule has 1 fully saturated rings. The van der Waals surface area contributed by atoms with Crippen molar-refractivity contribution in [1.29, 1.82) is 5.26 Å². The molecule has 6 heteroatoms. The summed E-state index contributed by atoms with van der Waals surface area (Å²) in [6.07, 6.45) is -0.997. The molecule has 2 amide bonds. The number of carbonyl (C=O) groups excluding carboxylic acids is 1. The van der Waals surface area contributed by atoms with E-state index in [2.05, 4.69) is 5.32 Å². The van der Waals surface area contributed by atoms with Crippen LogP contribution in [0.1, 0.15) is 25.0 Å². The molecule has 1 aromatic rings. The molecule has 1 heterocycles. The number of nitrogens with one attached hydrogen (secondary N) is 1. The molecule has 1 aromatic carbocycles. The summed E-state index contributed by atoms with van der Waals surface area (Å²) in [5.41, 5.74) is 0.688. The Kier molecular flexibility index (Phi) is 3.17. The largest absolute Gasteiger partial charge is 0.371 e. The third-order valence-corrected chi connectivity index (χ3v) is 3.76. The van der Waals surface area contributed by atoms with Crippen LogP contribution in [-0.4, -0.2) is 22.9 Å². The second-order valence-electron chi connectivity index (χ2n) is 5.08. The molecule has 0 aliphatic carbocycles. The predicted molar refractivity (Wildman–Crippen MR) is 72.0 cm³/mol. The van der Waals surface area contributed by atoms with Crippen LogP contribution >= 0.6 is 11.6 Å². The van der Waals surface area contributed by atoms with E-state index in [4.69, 9.17) is 16.9 Å². The molecule has 1 unspecified atom stereocenters. The van der Waals surface area contributed by atoms with Crippen LogP contribution in [0.15, 0.2) is 12.1 Å². The molecule has 0 saturated carbocycles. The zero-order chi connectivity index (χ0) is 14.4. The van der Waals surface area contributed by atoms with Gasteiger partial charge in [-0.05, 0) is 38.5 Å². The molecule has 19 heavy (non-hydrogen) atoms. The van der Waals surface area contributed by atoms with E-state index in [0.717, 1.165) is 0 Å². The first kappa shape index (κ1) is 13.7. The number of aliphatic hydroxyl groups is 1. The molecule has 0 spiro atoms. The summed E-state index contributed by atoms with van der Waals surface area (Å²) < 4.78 is 0. The molecular weight excluding hydrogens is 266 g/mol. The van der Waals surface area contributed by atoms with Gasteiger partial charge in [-0.15, -0.1) is 0 Å². The fourth-order valence-electron chi connectivity index (χ4n) is 2.10. The Morgan fingerprint density at radius 2 is 2.16 bits per heavy atom. The van der Waals surface area contributed by atoms with Crippen molar-refractivity contribution in [3.63, 3.8) is 0 Å². The van der Waals surface area contributed by atoms with Crippen molar-refractivity contribution in [3.8, 4) is 6.07 Å². The number of nitrogens with zero attached hydrogens (tertiary/aromatic N) is 2. The van der Waals surface area contributed by atoms with Crippen molar-refractivity contribution < 1.29 is 9.90 Å². The summed E-state index contributed by atoms with van der Waals surface area (Å²) in [7, 11) is 0. The fraction of sp³-hybridized carbons (Fsp3) is 0.385. The lowest BCUT2D eigenvalue weighted by atomic mass is 10.0. The number of rotatable bonds is 1. The van der Waals surface area contributed by atoms with Crippen molar-refractivity contribution in [2.75, 3.05) is 4.90 Å². The van der Waals surface area contributed by atoms with E-state index in [-0.39, 0.29) is 6.03 Å². The van der Waals surface area contributed by atoms with Crippen LogP contribution in [-0.2, 0) is 0 Å². The third-order valence-electron chi connectivity index (χ3n) is 3.28. The fourth-order valence-corrected chi connectivity index (χ4v) is 2.30. The summed E-state index contributed by atoms with van der Waals surface area (Å²) in [6, 6.07) is 4.74. The lowest BCUT2D eigenvalue weighted by molar-refractivity contribution is 0.120. The summed E-state index contributed by atoms with van der Waals surface area (Å²) >= 11 is 6.08. The van der Waals surface area contributed by atoms with Crippen LogP contribution in [0.25, 0.3) is 0 Å². The van der Waals surface area contributed by atoms with Gasteiger partial charge < -0.3 is 10.4 Å². The van der Waals surface area contributed by atoms with E-state index in [9.17, 15) is 9.90 Å². The Bertz CT molecular complexity index is 592. The van der Waals surface area contributed by atoms with Crippen LogP contribution in [0.2, 0.25) is 5.02 Å². The van der Waals surface area contributed by atoms with Crippen LogP contribution < -0.4 is 10.2 Å². The highest BCUT2D eigenvalue weighted by atomic mass is 35.5. The topological polar surface area (TPSA) is 76.4 Å². The van der Waals surface area contributed by atoms with Gasteiger partial charge in [0.1, 0.15) is 6.07 Å². The Balaban J connectivity index is 2.53. The van der Waals surface area contributed by atoms with Crippen molar-refractivity contribution >= 4 is 23.3 Å². The monoisotopic (exact) mass is 279 g/mol. The number of nitriles is 1. The Morgan fingerprint density at radius 3 is 2.63 bits per heavy atom. The minimum absolute atomic E-state index is 0.296. The zero-order valence-electron chi connectivity index (χ0n) is 10.9. The van der Waals surface area contributed by atoms with Crippen LogP contribution in [0, 0.1) is 18.3 Å². The summed E-state index contributed by atoms with van der Waals surface area (Å²) in [5.74, 6) is 0. The van der Waals surface area contributed by atoms with E-state index in [1.165, 1.54) is 11.0 Å². The number of anilines is 1. The van der Waals surface area contributed by atoms with Gasteiger partial charge in [0.05, 0.1) is 21.8 Å². The molecule has 0 aromatic heterocycles. The SMILES string of the molecule is Cc1c(N2C(=O)NC(C)(C)C2O)ccc(C#N)c1Cl. The van der Waals surface area contributed by atoms with Crippen LogP contribution in [0.3, 0.4) is 0 Å². The number of hydrogen-bond donors (Lipinski definition) is 2. The highest BCUT2D eigenvalue weighted by molar-refractivity contribution is 6.33. The number of benzene rings is 1. The normalized spacial score (nSPS) is 21.2. The second kappa shape index (κ2) is 4.41. The van der Waals surface area contributed by atoms with Crippen LogP contribution in [0.5, 0.6) is 0 Å². The van der Waals surface area contributed by atoms with Crippen molar-refractivity contribution in [1.82, 2.24) is 5.32 Å². The molecule has 2 rings (SSSR count). The standard InChI is InChI=1S/C13H14ClN3O2/c1-7-9(5-4-8(6-15)10(7)14)17-11(18)13(2,3)16-12(17)19/h4-5,11,18H,1-3H3,(H,16,19). The van der Waals surface area contributed by atoms with E-state index < -0.39 is 11.8 Å². The van der Waals surface area contributed by atoms with E-state index in [1.807, 2.05) is 6.07 Å². The van der Waals surface area contributed by atoms with Gasteiger partial charge in [0, 0.05) is 0 Å². The lowest BCUT2D eigenvalue weighted by Crippen LogP contribution is -2.44. The maximum absolute atomic E-state index is 12.0. The van der Waals surface area contributed by atoms with Gasteiger partial charge in [0.25, 0.3) is 0 Å². The lowest BCUT2D eigenvalue weighted by Gasteiger charge is -2.27. The number of aliphatic hydroxyl groups excluding tert-OH is 1. The highest BCUT2D eigenvalue weighted by Gasteiger charge is 2.45. The van der Waals surface area contributed by atoms with Gasteiger partial charge in [-0.25, -0.2) is 4.79 Å². The molecule has 0 radical (unpaired) electrons. The van der Waals surface area contributed by atoms with E-state index in [1.54, 1.807) is 26.8 Å². The third kappa shape index (κ3) is 2.03. The molecule has 1 atom stereocenters. The van der Waals surface area contributed by atoms with Gasteiger partial charge in [-0.1, -0.05) is 11.6 Å². The Morgan fingerprint density at radius 1 is 1.53 bits per heavy atom. The molecule has 1 aliphatic rings. The first-order valence-electron chi connectivity index (χ1n) is 5.78. The zero-order valence-corrected chi connectivity index (χ0v) is 11.6. The van der Waals surface area contributed by atoms with Crippen molar-refractivity contribution in [2.45, 2.75) is 32.5 Å². The molecule has 1 saturated heterocycles. The van der Waals surface area contributed by atoms with Gasteiger partial charge in [-0.3, -0.25) is 4.90 Å². The first-order chi connectivity index (χ1) is 8.79. The summed E-state index contributed by atoms with van der Waals surface area (Å²) in [5, 5.41) is 22.1. The Hall–Kier alpha value is -1.77. The Labute approximate surface area is 116 Å². The van der Waals surface area contributed by atoms with E-state index in [0.29, 0.717) is 21.8 Å². The summed E-state index contributed by atoms with van der Waals surface area (Å²) in [4.78, 5) is 13.2. The quantitative estimate of drug-likeness (QED) is 0.827. The molecule has 2 N–H and O–H groups in total. The van der Waals surface area contributed by atoms with Gasteiger partial charge in [0.15, 0.2) is 6.23 Å². The van der Waals surface area contributed by atoms with Gasteiger partial charge in [0.2, 0.25) is 0 Å². The number of urea groups is 1.